The molecule has 2 N–H and O–H groups in total. The van der Waals surface area contributed by atoms with E-state index in [0.29, 0.717) is 0 Å². The van der Waals surface area contributed by atoms with E-state index in [-0.39, 0.29) is 0 Å². The van der Waals surface area contributed by atoms with Crippen LogP contribution in [-0.4, -0.2) is 31.3 Å². The molecule has 0 saturated heterocycles. The predicted molar refractivity (Wildman–Crippen MR) is 66.9 cm³/mol. The van der Waals surface area contributed by atoms with E-state index in [1.165, 1.54) is 10.4 Å². The summed E-state index contributed by atoms with van der Waals surface area (Å²) in [4.78, 5) is 3.64. The van der Waals surface area contributed by atoms with Crippen molar-refractivity contribution in [3.8, 4) is 0 Å². The number of thiophene rings is 1. The topological polar surface area (TPSA) is 29.3 Å². The summed E-state index contributed by atoms with van der Waals surface area (Å²) in [7, 11) is 4.20. The molecule has 0 aliphatic carbocycles. The fourth-order valence-corrected chi connectivity index (χ4v) is 2.99. The number of rotatable bonds is 6. The minimum Gasteiger partial charge on any atom is -0.330 e. The van der Waals surface area contributed by atoms with E-state index in [9.17, 15) is 0 Å². The lowest BCUT2D eigenvalue weighted by Gasteiger charge is -2.05. The highest BCUT2D eigenvalue weighted by Crippen LogP contribution is 2.20. The maximum atomic E-state index is 5.44. The molecule has 80 valence electrons. The van der Waals surface area contributed by atoms with Crippen LogP contribution >= 0.6 is 23.1 Å². The van der Waals surface area contributed by atoms with Gasteiger partial charge >= 0.3 is 0 Å². The van der Waals surface area contributed by atoms with Crippen LogP contribution in [0.5, 0.6) is 0 Å². The Kier molecular flexibility index (Phi) is 5.55. The van der Waals surface area contributed by atoms with Crippen LogP contribution in [0.15, 0.2) is 11.4 Å². The van der Waals surface area contributed by atoms with Crippen molar-refractivity contribution >= 4 is 23.1 Å². The Morgan fingerprint density at radius 2 is 2.29 bits per heavy atom. The third kappa shape index (κ3) is 4.46. The highest BCUT2D eigenvalue weighted by Gasteiger charge is 2.00. The number of nitrogens with zero attached hydrogens (tertiary/aromatic N) is 1. The van der Waals surface area contributed by atoms with Gasteiger partial charge in [0.25, 0.3) is 0 Å². The van der Waals surface area contributed by atoms with Crippen molar-refractivity contribution < 1.29 is 0 Å². The molecule has 0 aliphatic heterocycles. The molecule has 14 heavy (non-hydrogen) atoms. The SMILES string of the molecule is CN(C)Cc1cc(CSCCN)cs1. The standard InChI is InChI=1S/C10H18N2S2/c1-12(2)6-10-5-9(8-14-10)7-13-4-3-11/h5,8H,3-4,6-7,11H2,1-2H3. The quantitative estimate of drug-likeness (QED) is 0.758. The summed E-state index contributed by atoms with van der Waals surface area (Å²) in [5, 5.41) is 2.25. The number of nitrogens with two attached hydrogens (primary N) is 1. The molecular formula is C10H18N2S2. The number of thioether (sulfide) groups is 1. The lowest BCUT2D eigenvalue weighted by Crippen LogP contribution is -2.09. The van der Waals surface area contributed by atoms with Crippen molar-refractivity contribution in [2.24, 2.45) is 5.73 Å². The molecule has 1 aromatic heterocycles. The molecule has 0 unspecified atom stereocenters. The summed E-state index contributed by atoms with van der Waals surface area (Å²) in [6.45, 7) is 1.82. The van der Waals surface area contributed by atoms with Crippen LogP contribution in [0.25, 0.3) is 0 Å². The van der Waals surface area contributed by atoms with Crippen molar-refractivity contribution in [3.63, 3.8) is 0 Å². The molecule has 1 rings (SSSR count). The average molecular weight is 230 g/mol. The van der Waals surface area contributed by atoms with Gasteiger partial charge in [0, 0.05) is 29.5 Å². The molecule has 4 heteroatoms. The van der Waals surface area contributed by atoms with Gasteiger partial charge < -0.3 is 10.6 Å². The summed E-state index contributed by atoms with van der Waals surface area (Å²) in [6, 6.07) is 2.30. The first-order valence-electron chi connectivity index (χ1n) is 4.71. The van der Waals surface area contributed by atoms with Gasteiger partial charge in [-0.25, -0.2) is 0 Å². The van der Waals surface area contributed by atoms with Crippen LogP contribution in [-0.2, 0) is 12.3 Å². The minimum absolute atomic E-state index is 0.777. The van der Waals surface area contributed by atoms with Crippen molar-refractivity contribution in [3.05, 3.63) is 21.9 Å². The van der Waals surface area contributed by atoms with Gasteiger partial charge in [0.1, 0.15) is 0 Å². The van der Waals surface area contributed by atoms with Crippen LogP contribution in [0.1, 0.15) is 10.4 Å². The normalized spacial score (nSPS) is 11.1. The molecule has 1 aromatic rings. The zero-order valence-corrected chi connectivity index (χ0v) is 10.5. The monoisotopic (exact) mass is 230 g/mol. The van der Waals surface area contributed by atoms with E-state index in [1.807, 2.05) is 23.1 Å². The summed E-state index contributed by atoms with van der Waals surface area (Å²) < 4.78 is 0. The largest absolute Gasteiger partial charge is 0.330 e. The van der Waals surface area contributed by atoms with Gasteiger partial charge in [-0.05, 0) is 31.1 Å². The molecule has 0 saturated carbocycles. The zero-order chi connectivity index (χ0) is 10.4. The smallest absolute Gasteiger partial charge is 0.0321 e. The first-order chi connectivity index (χ1) is 6.72. The highest BCUT2D eigenvalue weighted by atomic mass is 32.2. The first kappa shape index (κ1) is 12.0. The van der Waals surface area contributed by atoms with E-state index >= 15 is 0 Å². The van der Waals surface area contributed by atoms with Crippen LogP contribution < -0.4 is 5.73 Å². The molecular weight excluding hydrogens is 212 g/mol. The highest BCUT2D eigenvalue weighted by molar-refractivity contribution is 7.98. The first-order valence-corrected chi connectivity index (χ1v) is 6.74. The van der Waals surface area contributed by atoms with E-state index in [0.717, 1.165) is 24.6 Å². The maximum Gasteiger partial charge on any atom is 0.0321 e. The molecule has 0 fully saturated rings. The Morgan fingerprint density at radius 3 is 2.93 bits per heavy atom. The second kappa shape index (κ2) is 6.45. The van der Waals surface area contributed by atoms with Crippen molar-refractivity contribution in [2.75, 3.05) is 26.4 Å². The second-order valence-electron chi connectivity index (χ2n) is 3.50. The summed E-state index contributed by atoms with van der Waals surface area (Å²) in [5.74, 6) is 2.15. The van der Waals surface area contributed by atoms with Gasteiger partial charge in [0.05, 0.1) is 0 Å². The molecule has 0 aliphatic rings. The Balaban J connectivity index is 2.35. The zero-order valence-electron chi connectivity index (χ0n) is 8.82. The molecule has 0 bridgehead atoms. The van der Waals surface area contributed by atoms with Gasteiger partial charge in [-0.1, -0.05) is 0 Å². The molecule has 0 radical (unpaired) electrons. The van der Waals surface area contributed by atoms with Crippen molar-refractivity contribution in [1.82, 2.24) is 4.90 Å². The molecule has 0 aromatic carbocycles. The molecule has 2 nitrogen and oxygen atoms in total. The van der Waals surface area contributed by atoms with Gasteiger partial charge in [0.2, 0.25) is 0 Å². The summed E-state index contributed by atoms with van der Waals surface area (Å²) in [5.41, 5.74) is 6.87. The Bertz CT molecular complexity index is 258. The Morgan fingerprint density at radius 1 is 1.50 bits per heavy atom. The number of hydrogen-bond acceptors (Lipinski definition) is 4. The summed E-state index contributed by atoms with van der Waals surface area (Å²) in [6.07, 6.45) is 0. The fraction of sp³-hybridized carbons (Fsp3) is 0.600. The Hall–Kier alpha value is -0.0300. The number of hydrogen-bond donors (Lipinski definition) is 1. The average Bonchev–Trinajstić information content (AvgIpc) is 2.52. The fourth-order valence-electron chi connectivity index (χ4n) is 1.17. The van der Waals surface area contributed by atoms with Crippen LogP contribution in [0.2, 0.25) is 0 Å². The van der Waals surface area contributed by atoms with Gasteiger partial charge in [-0.15, -0.1) is 11.3 Å². The molecule has 0 amide bonds. The minimum atomic E-state index is 0.777. The van der Waals surface area contributed by atoms with Crippen LogP contribution in [0.4, 0.5) is 0 Å². The molecule has 1 heterocycles. The lowest BCUT2D eigenvalue weighted by atomic mass is 10.3. The van der Waals surface area contributed by atoms with Gasteiger partial charge in [0.15, 0.2) is 0 Å². The second-order valence-corrected chi connectivity index (χ2v) is 5.60. The maximum absolute atomic E-state index is 5.44. The molecule has 0 atom stereocenters. The third-order valence-electron chi connectivity index (χ3n) is 1.71. The van der Waals surface area contributed by atoms with E-state index in [2.05, 4.69) is 30.4 Å². The van der Waals surface area contributed by atoms with Crippen LogP contribution in [0, 0.1) is 0 Å². The van der Waals surface area contributed by atoms with E-state index in [1.54, 1.807) is 0 Å². The predicted octanol–water partition coefficient (Wildman–Crippen LogP) is 2.00. The Labute approximate surface area is 94.5 Å². The van der Waals surface area contributed by atoms with Gasteiger partial charge in [-0.2, -0.15) is 11.8 Å². The van der Waals surface area contributed by atoms with Crippen molar-refractivity contribution in [1.29, 1.82) is 0 Å². The van der Waals surface area contributed by atoms with E-state index in [4.69, 9.17) is 5.73 Å². The lowest BCUT2D eigenvalue weighted by molar-refractivity contribution is 0.406. The van der Waals surface area contributed by atoms with Crippen LogP contribution in [0.3, 0.4) is 0 Å². The van der Waals surface area contributed by atoms with Crippen molar-refractivity contribution in [2.45, 2.75) is 12.3 Å². The molecule has 0 spiro atoms. The third-order valence-corrected chi connectivity index (χ3v) is 3.74. The van der Waals surface area contributed by atoms with Gasteiger partial charge in [-0.3, -0.25) is 0 Å². The van der Waals surface area contributed by atoms with E-state index < -0.39 is 0 Å². The summed E-state index contributed by atoms with van der Waals surface area (Å²) >= 11 is 3.76.